The quantitative estimate of drug-likeness (QED) is 0.0225. The molecule has 0 fully saturated rings. The van der Waals surface area contributed by atoms with E-state index in [1.54, 1.807) is 79.1 Å². The third-order valence-electron chi connectivity index (χ3n) is 22.7. The molecule has 0 heterocycles. The Labute approximate surface area is 851 Å². The van der Waals surface area contributed by atoms with E-state index in [1.165, 1.54) is 24.3 Å². The predicted molar refractivity (Wildman–Crippen MR) is 539 cm³/mol. The van der Waals surface area contributed by atoms with Crippen LogP contribution < -0.4 is 47.4 Å². The van der Waals surface area contributed by atoms with Gasteiger partial charge >= 0.3 is 23.9 Å². The molecule has 0 aliphatic heterocycles. The lowest BCUT2D eigenvalue weighted by Crippen LogP contribution is -2.44. The summed E-state index contributed by atoms with van der Waals surface area (Å²) in [6.07, 6.45) is 15.3. The number of esters is 4. The van der Waals surface area contributed by atoms with Gasteiger partial charge in [-0.25, -0.2) is 19.2 Å². The standard InChI is InChI=1S/C107H176O36/c1-15-23-27-85(19-5)77-136-93-33-31-89(71-95(93)138-79-87(21-7)29-25-17-3)103(108)140-81-107(82-141-104(109)90-32-34-94(137-78-86(20-6)28-24-16-2)96(72-90)139-80-88(22-8)30-26-18-4,83-142-105(110)91-73-97(130-65-59-124-53-47-118-41-35-112-9)101(134-69-63-128-57-51-122-45-39-116-13)98(74-91)131-66-60-125-54-48-119-42-36-113-10)84-143-106(111)92-75-99(132-67-61-126-55-49-120-43-37-114-11)102(135-70-64-129-58-52-123-46-40-117-14)100(76-92)133-68-62-127-56-50-121-44-38-115-12/h31-34,71-76,85-88H,15-30,35-70,77-84H2,1-14H3. The zero-order chi connectivity index (χ0) is 103. The van der Waals surface area contributed by atoms with Gasteiger partial charge in [-0.05, 0) is 110 Å². The first kappa shape index (κ1) is 127. The molecule has 4 rings (SSSR count). The highest BCUT2D eigenvalue weighted by Crippen LogP contribution is 2.43. The van der Waals surface area contributed by atoms with Crippen LogP contribution in [-0.2, 0) is 104 Å². The fourth-order valence-corrected chi connectivity index (χ4v) is 13.8. The molecule has 0 aliphatic rings. The molecule has 36 heteroatoms. The Morgan fingerprint density at radius 2 is 0.406 bits per heavy atom. The SMILES string of the molecule is CCCCC(CC)COc1ccc(C(=O)OCC(COC(=O)c2ccc(OCC(CC)CCCC)c(OCC(CC)CCCC)c2)(COC(=O)c2cc(OCCOCCOCCOC)c(OCCOCCOCCOC)c(OCCOCCOCCOC)c2)COC(=O)c2cc(OCCOCCOCCOC)c(OCCOCCOCCOC)c(OCCOCCOCCOC)c2)cc1OCC(CC)CCCC. The van der Waals surface area contributed by atoms with Gasteiger partial charge < -0.3 is 152 Å². The zero-order valence-electron chi connectivity index (χ0n) is 88.7. The second kappa shape index (κ2) is 86.1. The summed E-state index contributed by atoms with van der Waals surface area (Å²) in [4.78, 5) is 62.7. The molecule has 4 aromatic carbocycles. The van der Waals surface area contributed by atoms with E-state index in [0.29, 0.717) is 142 Å². The largest absolute Gasteiger partial charge is 0.489 e. The fourth-order valence-electron chi connectivity index (χ4n) is 13.8. The molecule has 0 aliphatic carbocycles. The van der Waals surface area contributed by atoms with E-state index < -0.39 is 55.7 Å². The van der Waals surface area contributed by atoms with Crippen LogP contribution in [0, 0.1) is 29.1 Å². The van der Waals surface area contributed by atoms with E-state index in [9.17, 15) is 0 Å². The van der Waals surface area contributed by atoms with Crippen molar-refractivity contribution in [3.8, 4) is 57.5 Å². The van der Waals surface area contributed by atoms with Crippen LogP contribution in [0.25, 0.3) is 0 Å². The number of carbonyl (C=O) groups is 4. The van der Waals surface area contributed by atoms with Crippen LogP contribution in [0.1, 0.15) is 200 Å². The van der Waals surface area contributed by atoms with Crippen molar-refractivity contribution >= 4 is 23.9 Å². The van der Waals surface area contributed by atoms with Gasteiger partial charge in [0, 0.05) is 42.7 Å². The molecule has 0 aromatic heterocycles. The van der Waals surface area contributed by atoms with Gasteiger partial charge in [0.25, 0.3) is 0 Å². The van der Waals surface area contributed by atoms with Crippen molar-refractivity contribution in [1.29, 1.82) is 0 Å². The lowest BCUT2D eigenvalue weighted by atomic mass is 9.92. The number of benzene rings is 4. The number of carbonyl (C=O) groups excluding carboxylic acids is 4. The summed E-state index contributed by atoms with van der Waals surface area (Å²) < 4.78 is 192. The topological polar surface area (TPSA) is 364 Å². The van der Waals surface area contributed by atoms with Gasteiger partial charge in [-0.1, -0.05) is 132 Å². The van der Waals surface area contributed by atoms with Crippen molar-refractivity contribution in [3.63, 3.8) is 0 Å². The van der Waals surface area contributed by atoms with Crippen LogP contribution in [0.3, 0.4) is 0 Å². The molecule has 4 unspecified atom stereocenters. The summed E-state index contributed by atoms with van der Waals surface area (Å²) in [7, 11) is 9.52. The minimum atomic E-state index is -2.05. The van der Waals surface area contributed by atoms with Gasteiger partial charge in [0.1, 0.15) is 71.5 Å². The molecule has 820 valence electrons. The third kappa shape index (κ3) is 58.4. The first-order valence-corrected chi connectivity index (χ1v) is 51.6. The summed E-state index contributed by atoms with van der Waals surface area (Å²) in [5, 5.41) is 0. The molecular weight excluding hydrogens is 1860 g/mol. The van der Waals surface area contributed by atoms with Crippen LogP contribution in [0.2, 0.25) is 0 Å². The lowest BCUT2D eigenvalue weighted by molar-refractivity contribution is -0.0642. The molecule has 0 amide bonds. The van der Waals surface area contributed by atoms with E-state index in [1.807, 2.05) is 0 Å². The normalized spacial score (nSPS) is 12.3. The average molecular weight is 2040 g/mol. The van der Waals surface area contributed by atoms with Crippen molar-refractivity contribution in [2.24, 2.45) is 29.1 Å². The van der Waals surface area contributed by atoms with Crippen molar-refractivity contribution < 1.29 is 171 Å². The summed E-state index contributed by atoms with van der Waals surface area (Å²) in [6, 6.07) is 15.3. The lowest BCUT2D eigenvalue weighted by Gasteiger charge is -2.32. The summed E-state index contributed by atoms with van der Waals surface area (Å²) in [5.74, 6) is -1.16. The molecular formula is C107H176O36. The van der Waals surface area contributed by atoms with Crippen LogP contribution in [0.15, 0.2) is 60.7 Å². The highest BCUT2D eigenvalue weighted by molar-refractivity contribution is 5.93. The van der Waals surface area contributed by atoms with Crippen molar-refractivity contribution in [2.75, 3.05) is 333 Å². The van der Waals surface area contributed by atoms with Crippen LogP contribution in [-0.4, -0.2) is 357 Å². The van der Waals surface area contributed by atoms with E-state index in [2.05, 4.69) is 55.4 Å². The molecule has 0 radical (unpaired) electrons. The van der Waals surface area contributed by atoms with Gasteiger partial charge in [-0.15, -0.1) is 0 Å². The number of rotatable bonds is 100. The van der Waals surface area contributed by atoms with E-state index in [-0.39, 0.29) is 226 Å². The minimum Gasteiger partial charge on any atom is -0.489 e. The summed E-state index contributed by atoms with van der Waals surface area (Å²) in [5.41, 5.74) is -2.26. The zero-order valence-corrected chi connectivity index (χ0v) is 88.7. The summed E-state index contributed by atoms with van der Waals surface area (Å²) >= 11 is 0. The average Bonchev–Trinajstić information content (AvgIpc) is 0.811. The maximum absolute atomic E-state index is 15.8. The van der Waals surface area contributed by atoms with E-state index in [0.717, 1.165) is 103 Å². The van der Waals surface area contributed by atoms with Gasteiger partial charge in [-0.2, -0.15) is 0 Å². The smallest absolute Gasteiger partial charge is 0.338 e. The number of methoxy groups -OCH3 is 6. The molecule has 0 N–H and O–H groups in total. The van der Waals surface area contributed by atoms with E-state index >= 15 is 19.2 Å². The summed E-state index contributed by atoms with van der Waals surface area (Å²) in [6.45, 7) is 23.2. The van der Waals surface area contributed by atoms with E-state index in [4.69, 9.17) is 152 Å². The van der Waals surface area contributed by atoms with Crippen molar-refractivity contribution in [2.45, 2.75) is 158 Å². The van der Waals surface area contributed by atoms with Crippen LogP contribution in [0.4, 0.5) is 0 Å². The van der Waals surface area contributed by atoms with Gasteiger partial charge in [-0.3, -0.25) is 0 Å². The Kier molecular flexibility index (Phi) is 76.6. The van der Waals surface area contributed by atoms with Crippen LogP contribution in [0.5, 0.6) is 57.5 Å². The van der Waals surface area contributed by atoms with Crippen molar-refractivity contribution in [1.82, 2.24) is 0 Å². The Hall–Kier alpha value is -7.96. The molecule has 0 saturated heterocycles. The Bertz CT molecular complexity index is 3470. The van der Waals surface area contributed by atoms with Gasteiger partial charge in [0.15, 0.2) is 46.0 Å². The third-order valence-corrected chi connectivity index (χ3v) is 22.7. The second-order valence-corrected chi connectivity index (χ2v) is 34.0. The maximum atomic E-state index is 15.8. The Balaban J connectivity index is 2.14. The maximum Gasteiger partial charge on any atom is 0.338 e. The highest BCUT2D eigenvalue weighted by Gasteiger charge is 2.40. The number of hydrogen-bond donors (Lipinski definition) is 0. The second-order valence-electron chi connectivity index (χ2n) is 34.0. The molecule has 0 saturated carbocycles. The molecule has 0 bridgehead atoms. The van der Waals surface area contributed by atoms with Gasteiger partial charge in [0.05, 0.1) is 247 Å². The first-order valence-electron chi connectivity index (χ1n) is 51.6. The number of hydrogen-bond acceptors (Lipinski definition) is 36. The minimum absolute atomic E-state index is 0.0238. The fraction of sp³-hybridized carbons (Fsp3) is 0.738. The first-order chi connectivity index (χ1) is 70.1. The van der Waals surface area contributed by atoms with Crippen LogP contribution >= 0.6 is 0 Å². The Morgan fingerprint density at radius 3 is 0.615 bits per heavy atom. The highest BCUT2D eigenvalue weighted by atomic mass is 16.6. The number of ether oxygens (including phenoxy) is 32. The molecule has 0 spiro atoms. The molecule has 4 aromatic rings. The molecule has 4 atom stereocenters. The predicted octanol–water partition coefficient (Wildman–Crippen LogP) is 16.1. The molecule has 143 heavy (non-hydrogen) atoms. The van der Waals surface area contributed by atoms with Gasteiger partial charge in [0.2, 0.25) is 11.5 Å². The van der Waals surface area contributed by atoms with Crippen molar-refractivity contribution in [3.05, 3.63) is 82.9 Å². The molecule has 36 nitrogen and oxygen atoms in total. The number of unbranched alkanes of at least 4 members (excludes halogenated alkanes) is 4. The Morgan fingerprint density at radius 1 is 0.217 bits per heavy atom. The monoisotopic (exact) mass is 2040 g/mol.